The fourth-order valence-electron chi connectivity index (χ4n) is 3.16. The van der Waals surface area contributed by atoms with E-state index in [4.69, 9.17) is 27.7 Å². The van der Waals surface area contributed by atoms with Crippen molar-refractivity contribution in [3.63, 3.8) is 0 Å². The molecule has 2 N–H and O–H groups in total. The van der Waals surface area contributed by atoms with E-state index in [1.54, 1.807) is 31.2 Å². The zero-order chi connectivity index (χ0) is 20.3. The number of carbonyl (C=O) groups is 2. The van der Waals surface area contributed by atoms with Gasteiger partial charge < -0.3 is 15.2 Å². The minimum absolute atomic E-state index is 0.0402. The fraction of sp³-hybridized carbons (Fsp3) is 0.421. The minimum atomic E-state index is -0.329. The third kappa shape index (κ3) is 5.04. The number of halogens is 2. The van der Waals surface area contributed by atoms with Crippen LogP contribution in [0, 0.1) is 6.92 Å². The highest BCUT2D eigenvalue weighted by Crippen LogP contribution is 2.26. The minimum Gasteiger partial charge on any atom is -0.361 e. The second-order valence-corrected chi connectivity index (χ2v) is 7.74. The topological polar surface area (TPSA) is 87.5 Å². The molecular formula is C19H22Cl2N4O3. The molecule has 0 radical (unpaired) electrons. The second-order valence-electron chi connectivity index (χ2n) is 6.90. The van der Waals surface area contributed by atoms with Gasteiger partial charge in [-0.1, -0.05) is 28.4 Å². The van der Waals surface area contributed by atoms with E-state index >= 15 is 0 Å². The Morgan fingerprint density at radius 1 is 1.25 bits per heavy atom. The molecule has 2 aromatic rings. The average Bonchev–Trinajstić information content (AvgIpc) is 3.11. The van der Waals surface area contributed by atoms with Gasteiger partial charge >= 0.3 is 0 Å². The van der Waals surface area contributed by atoms with Gasteiger partial charge in [0.25, 0.3) is 5.91 Å². The Labute approximate surface area is 173 Å². The van der Waals surface area contributed by atoms with Crippen LogP contribution >= 0.6 is 23.2 Å². The number of rotatable bonds is 5. The number of nitrogens with one attached hydrogen (secondary N) is 2. The van der Waals surface area contributed by atoms with Crippen molar-refractivity contribution in [3.05, 3.63) is 45.8 Å². The normalized spacial score (nSPS) is 16.6. The summed E-state index contributed by atoms with van der Waals surface area (Å²) >= 11 is 12.1. The number of likely N-dealkylation sites (tertiary alicyclic amines) is 1. The van der Waals surface area contributed by atoms with Crippen LogP contribution in [0.4, 0.5) is 5.69 Å². The molecule has 1 fully saturated rings. The maximum Gasteiger partial charge on any atom is 0.273 e. The van der Waals surface area contributed by atoms with Crippen molar-refractivity contribution in [3.8, 4) is 0 Å². The SMILES string of the molecule is Cc1cc(C(=O)NC2CCN([C@@H](C)C(=O)Nc3cc(Cl)ccc3Cl)CC2)no1. The molecule has 0 spiro atoms. The molecule has 28 heavy (non-hydrogen) atoms. The van der Waals surface area contributed by atoms with Gasteiger partial charge in [0.1, 0.15) is 5.76 Å². The summed E-state index contributed by atoms with van der Waals surface area (Å²) < 4.78 is 4.93. The highest BCUT2D eigenvalue weighted by molar-refractivity contribution is 6.35. The van der Waals surface area contributed by atoms with Crippen molar-refractivity contribution < 1.29 is 14.1 Å². The van der Waals surface area contributed by atoms with Crippen molar-refractivity contribution in [1.82, 2.24) is 15.4 Å². The summed E-state index contributed by atoms with van der Waals surface area (Å²) in [5, 5.41) is 10.5. The van der Waals surface area contributed by atoms with E-state index in [9.17, 15) is 9.59 Å². The number of hydrogen-bond acceptors (Lipinski definition) is 5. The van der Waals surface area contributed by atoms with Crippen molar-refractivity contribution in [2.24, 2.45) is 0 Å². The van der Waals surface area contributed by atoms with Gasteiger partial charge in [-0.2, -0.15) is 0 Å². The number of anilines is 1. The molecule has 1 aromatic carbocycles. The number of benzene rings is 1. The molecule has 150 valence electrons. The Bertz CT molecular complexity index is 863. The molecule has 0 bridgehead atoms. The van der Waals surface area contributed by atoms with Crippen LogP contribution in [0.1, 0.15) is 36.0 Å². The first-order valence-corrected chi connectivity index (χ1v) is 9.83. The van der Waals surface area contributed by atoms with E-state index in [1.165, 1.54) is 0 Å². The van der Waals surface area contributed by atoms with Crippen LogP contribution in [0.5, 0.6) is 0 Å². The summed E-state index contributed by atoms with van der Waals surface area (Å²) in [5.74, 6) is 0.209. The molecule has 1 aliphatic heterocycles. The zero-order valence-electron chi connectivity index (χ0n) is 15.7. The van der Waals surface area contributed by atoms with E-state index in [0.717, 1.165) is 12.8 Å². The zero-order valence-corrected chi connectivity index (χ0v) is 17.2. The van der Waals surface area contributed by atoms with Gasteiger partial charge in [0, 0.05) is 30.2 Å². The van der Waals surface area contributed by atoms with Crippen molar-refractivity contribution in [2.45, 2.75) is 38.8 Å². The third-order valence-electron chi connectivity index (χ3n) is 4.84. The number of amides is 2. The lowest BCUT2D eigenvalue weighted by Crippen LogP contribution is -2.50. The Kier molecular flexibility index (Phi) is 6.59. The second kappa shape index (κ2) is 8.94. The molecule has 0 aliphatic carbocycles. The molecule has 1 saturated heterocycles. The number of aryl methyl sites for hydroxylation is 1. The van der Waals surface area contributed by atoms with Gasteiger partial charge in [-0.05, 0) is 44.9 Å². The van der Waals surface area contributed by atoms with Gasteiger partial charge in [0.2, 0.25) is 5.91 Å². The third-order valence-corrected chi connectivity index (χ3v) is 5.40. The number of nitrogens with zero attached hydrogens (tertiary/aromatic N) is 2. The average molecular weight is 425 g/mol. The van der Waals surface area contributed by atoms with E-state index in [0.29, 0.717) is 34.6 Å². The first kappa shape index (κ1) is 20.6. The van der Waals surface area contributed by atoms with Crippen molar-refractivity contribution in [1.29, 1.82) is 0 Å². The fourth-order valence-corrected chi connectivity index (χ4v) is 3.50. The Hall–Kier alpha value is -2.09. The molecule has 1 atom stereocenters. The highest BCUT2D eigenvalue weighted by Gasteiger charge is 2.28. The van der Waals surface area contributed by atoms with E-state index < -0.39 is 0 Å². The van der Waals surface area contributed by atoms with Gasteiger partial charge in [0.15, 0.2) is 5.69 Å². The van der Waals surface area contributed by atoms with Crippen LogP contribution in [0.2, 0.25) is 10.0 Å². The van der Waals surface area contributed by atoms with Crippen molar-refractivity contribution >= 4 is 40.7 Å². The molecule has 1 aromatic heterocycles. The standard InChI is InChI=1S/C19H22Cl2N4O3/c1-11-9-17(24-28-11)19(27)22-14-5-7-25(8-6-14)12(2)18(26)23-16-10-13(20)3-4-15(16)21/h3-4,9-10,12,14H,5-8H2,1-2H3,(H,22,27)(H,23,26)/t12-/m0/s1. The summed E-state index contributed by atoms with van der Waals surface area (Å²) in [5.41, 5.74) is 0.780. The predicted molar refractivity (Wildman–Crippen MR) is 108 cm³/mol. The lowest BCUT2D eigenvalue weighted by molar-refractivity contribution is -0.121. The monoisotopic (exact) mass is 424 g/mol. The van der Waals surface area contributed by atoms with E-state index in [2.05, 4.69) is 20.7 Å². The molecule has 2 heterocycles. The summed E-state index contributed by atoms with van der Waals surface area (Å²) in [6, 6.07) is 6.26. The molecule has 0 saturated carbocycles. The van der Waals surface area contributed by atoms with Crippen molar-refractivity contribution in [2.75, 3.05) is 18.4 Å². The van der Waals surface area contributed by atoms with Gasteiger partial charge in [-0.15, -0.1) is 0 Å². The summed E-state index contributed by atoms with van der Waals surface area (Å²) in [6.07, 6.45) is 1.50. The molecule has 7 nitrogen and oxygen atoms in total. The summed E-state index contributed by atoms with van der Waals surface area (Å²) in [6.45, 7) is 4.98. The summed E-state index contributed by atoms with van der Waals surface area (Å²) in [7, 11) is 0. The Balaban J connectivity index is 1.50. The van der Waals surface area contributed by atoms with Crippen LogP contribution < -0.4 is 10.6 Å². The lowest BCUT2D eigenvalue weighted by Gasteiger charge is -2.35. The molecule has 1 aliphatic rings. The lowest BCUT2D eigenvalue weighted by atomic mass is 10.0. The largest absolute Gasteiger partial charge is 0.361 e. The van der Waals surface area contributed by atoms with Gasteiger partial charge in [-0.25, -0.2) is 0 Å². The number of carbonyl (C=O) groups excluding carboxylic acids is 2. The van der Waals surface area contributed by atoms with Crippen LogP contribution in [-0.4, -0.2) is 47.0 Å². The highest BCUT2D eigenvalue weighted by atomic mass is 35.5. The van der Waals surface area contributed by atoms with Gasteiger partial charge in [-0.3, -0.25) is 14.5 Å². The molecule has 2 amide bonds. The first-order valence-electron chi connectivity index (χ1n) is 9.07. The molecule has 0 unspecified atom stereocenters. The van der Waals surface area contributed by atoms with Crippen LogP contribution in [-0.2, 0) is 4.79 Å². The summed E-state index contributed by atoms with van der Waals surface area (Å²) in [4.78, 5) is 26.8. The maximum absolute atomic E-state index is 12.6. The molecule has 3 rings (SSSR count). The number of hydrogen-bond donors (Lipinski definition) is 2. The molecule has 9 heteroatoms. The van der Waals surface area contributed by atoms with Crippen LogP contribution in [0.25, 0.3) is 0 Å². The Morgan fingerprint density at radius 2 is 1.96 bits per heavy atom. The Morgan fingerprint density at radius 3 is 2.61 bits per heavy atom. The maximum atomic E-state index is 12.6. The van der Waals surface area contributed by atoms with E-state index in [-0.39, 0.29) is 29.6 Å². The quantitative estimate of drug-likeness (QED) is 0.766. The van der Waals surface area contributed by atoms with Crippen LogP contribution in [0.3, 0.4) is 0 Å². The number of aromatic nitrogens is 1. The van der Waals surface area contributed by atoms with Crippen LogP contribution in [0.15, 0.2) is 28.8 Å². The predicted octanol–water partition coefficient (Wildman–Crippen LogP) is 3.51. The smallest absolute Gasteiger partial charge is 0.273 e. The van der Waals surface area contributed by atoms with E-state index in [1.807, 2.05) is 6.92 Å². The van der Waals surface area contributed by atoms with Gasteiger partial charge in [0.05, 0.1) is 16.8 Å². The number of piperidine rings is 1. The first-order chi connectivity index (χ1) is 13.3. The molecular weight excluding hydrogens is 403 g/mol.